The van der Waals surface area contributed by atoms with Crippen LogP contribution in [0.2, 0.25) is 0 Å². The van der Waals surface area contributed by atoms with Crippen molar-refractivity contribution in [1.29, 1.82) is 10.5 Å². The molecular weight excluding hydrogens is 465 g/mol. The van der Waals surface area contributed by atoms with Crippen molar-refractivity contribution >= 4 is 45.1 Å². The van der Waals surface area contributed by atoms with Crippen LogP contribution in [-0.2, 0) is 4.79 Å². The normalized spacial score (nSPS) is 17.6. The maximum Gasteiger partial charge on any atom is 0.230 e. The van der Waals surface area contributed by atoms with Gasteiger partial charge in [-0.05, 0) is 76.7 Å². The molecule has 2 aromatic heterocycles. The first-order valence-electron chi connectivity index (χ1n) is 8.67. The van der Waals surface area contributed by atoms with Crippen molar-refractivity contribution < 1.29 is 4.79 Å². The van der Waals surface area contributed by atoms with Crippen LogP contribution in [0.4, 0.5) is 5.82 Å². The second kappa shape index (κ2) is 7.17. The average Bonchev–Trinajstić information content (AvgIpc) is 3.47. The molecule has 1 amide bonds. The van der Waals surface area contributed by atoms with Gasteiger partial charge in [0.25, 0.3) is 0 Å². The Balaban J connectivity index is 1.70. The van der Waals surface area contributed by atoms with Crippen LogP contribution in [0.25, 0.3) is 21.9 Å². The van der Waals surface area contributed by atoms with Crippen LogP contribution in [0, 0.1) is 45.0 Å². The lowest BCUT2D eigenvalue weighted by atomic mass is 9.99. The number of anilines is 1. The van der Waals surface area contributed by atoms with Gasteiger partial charge in [0.15, 0.2) is 0 Å². The highest BCUT2D eigenvalue weighted by Gasteiger charge is 2.43. The largest absolute Gasteiger partial charge is 0.310 e. The smallest absolute Gasteiger partial charge is 0.230 e. The summed E-state index contributed by atoms with van der Waals surface area (Å²) in [5.41, 5.74) is 3.31. The lowest BCUT2D eigenvalue weighted by molar-refractivity contribution is -0.117. The van der Waals surface area contributed by atoms with Gasteiger partial charge in [-0.25, -0.2) is 9.97 Å². The summed E-state index contributed by atoms with van der Waals surface area (Å²) in [6.45, 7) is 1.95. The van der Waals surface area contributed by atoms with Crippen LogP contribution >= 0.6 is 22.6 Å². The molecule has 1 aliphatic rings. The molecule has 3 aromatic rings. The predicted molar refractivity (Wildman–Crippen MR) is 113 cm³/mol. The van der Waals surface area contributed by atoms with E-state index in [2.05, 4.69) is 56.1 Å². The van der Waals surface area contributed by atoms with Crippen molar-refractivity contribution in [3.63, 3.8) is 0 Å². The van der Waals surface area contributed by atoms with E-state index < -0.39 is 0 Å². The maximum atomic E-state index is 12.2. The molecule has 136 valence electrons. The Bertz CT molecular complexity index is 1210. The number of nitriles is 2. The van der Waals surface area contributed by atoms with E-state index in [1.54, 1.807) is 18.5 Å². The number of hydrogen-bond acceptors (Lipinski definition) is 5. The van der Waals surface area contributed by atoms with Gasteiger partial charge in [0, 0.05) is 26.9 Å². The first-order chi connectivity index (χ1) is 13.5. The number of rotatable bonds is 3. The first kappa shape index (κ1) is 18.3. The van der Waals surface area contributed by atoms with Crippen LogP contribution in [0.1, 0.15) is 17.7 Å². The molecule has 2 atom stereocenters. The standard InChI is InChI=1S/C21H14IN5O/c1-11-2-15(8-24)25-9-17(11)12-3-13-6-20(26-10-18(13)19(22)5-12)27-21(28)16-4-14(16)7-23/h2-3,5-6,9-10,14,16H,4H2,1H3,(H,26,27,28)/t14-,16+/m0/s1. The fourth-order valence-electron chi connectivity index (χ4n) is 3.20. The highest BCUT2D eigenvalue weighted by atomic mass is 127. The number of amides is 1. The number of hydrogen-bond donors (Lipinski definition) is 1. The molecule has 1 fully saturated rings. The predicted octanol–water partition coefficient (Wildman–Crippen LogP) is 4.18. The van der Waals surface area contributed by atoms with Gasteiger partial charge < -0.3 is 5.32 Å². The molecule has 0 bridgehead atoms. The lowest BCUT2D eigenvalue weighted by Gasteiger charge is -2.10. The van der Waals surface area contributed by atoms with E-state index in [0.29, 0.717) is 17.9 Å². The Morgan fingerprint density at radius 2 is 2.04 bits per heavy atom. The van der Waals surface area contributed by atoms with Crippen LogP contribution in [0.15, 0.2) is 36.7 Å². The van der Waals surface area contributed by atoms with E-state index in [4.69, 9.17) is 10.5 Å². The van der Waals surface area contributed by atoms with E-state index >= 15 is 0 Å². The van der Waals surface area contributed by atoms with E-state index in [1.807, 2.05) is 19.1 Å². The maximum absolute atomic E-state index is 12.2. The summed E-state index contributed by atoms with van der Waals surface area (Å²) in [6, 6.07) is 11.9. The Labute approximate surface area is 175 Å². The highest BCUT2D eigenvalue weighted by molar-refractivity contribution is 14.1. The number of aryl methyl sites for hydroxylation is 1. The zero-order chi connectivity index (χ0) is 19.8. The quantitative estimate of drug-likeness (QED) is 0.568. The second-order valence-corrected chi connectivity index (χ2v) is 7.97. The van der Waals surface area contributed by atoms with Gasteiger partial charge in [0.2, 0.25) is 5.91 Å². The number of benzene rings is 1. The average molecular weight is 479 g/mol. The molecule has 1 saturated carbocycles. The van der Waals surface area contributed by atoms with Gasteiger partial charge in [-0.2, -0.15) is 10.5 Å². The summed E-state index contributed by atoms with van der Waals surface area (Å²) in [5.74, 6) is -0.0960. The third-order valence-electron chi connectivity index (χ3n) is 4.87. The molecule has 7 heteroatoms. The number of pyridine rings is 2. The molecule has 0 aliphatic heterocycles. The van der Waals surface area contributed by atoms with Gasteiger partial charge in [-0.3, -0.25) is 4.79 Å². The monoisotopic (exact) mass is 479 g/mol. The number of aromatic nitrogens is 2. The summed E-state index contributed by atoms with van der Waals surface area (Å²) in [7, 11) is 0. The third-order valence-corrected chi connectivity index (χ3v) is 5.76. The van der Waals surface area contributed by atoms with Crippen molar-refractivity contribution in [2.45, 2.75) is 13.3 Å². The van der Waals surface area contributed by atoms with Crippen molar-refractivity contribution in [1.82, 2.24) is 9.97 Å². The molecule has 0 spiro atoms. The van der Waals surface area contributed by atoms with Gasteiger partial charge in [0.05, 0.1) is 17.9 Å². The minimum Gasteiger partial charge on any atom is -0.310 e. The molecule has 0 radical (unpaired) electrons. The first-order valence-corrected chi connectivity index (χ1v) is 9.75. The third kappa shape index (κ3) is 3.41. The Kier molecular flexibility index (Phi) is 4.70. The summed E-state index contributed by atoms with van der Waals surface area (Å²) in [4.78, 5) is 20.7. The number of halogens is 1. The number of nitrogens with zero attached hydrogens (tertiary/aromatic N) is 4. The molecule has 28 heavy (non-hydrogen) atoms. The molecule has 0 saturated heterocycles. The zero-order valence-corrected chi connectivity index (χ0v) is 17.1. The highest BCUT2D eigenvalue weighted by Crippen LogP contribution is 2.38. The van der Waals surface area contributed by atoms with E-state index in [0.717, 1.165) is 31.0 Å². The van der Waals surface area contributed by atoms with Gasteiger partial charge >= 0.3 is 0 Å². The van der Waals surface area contributed by atoms with Crippen molar-refractivity contribution in [3.05, 3.63) is 51.5 Å². The SMILES string of the molecule is Cc1cc(C#N)ncc1-c1cc(I)c2cnc(NC(=O)[C@@H]3C[C@H]3C#N)cc2c1. The molecule has 2 heterocycles. The molecule has 0 unspecified atom stereocenters. The molecule has 1 aliphatic carbocycles. The van der Waals surface area contributed by atoms with E-state index in [-0.39, 0.29) is 17.7 Å². The van der Waals surface area contributed by atoms with Crippen molar-refractivity contribution in [2.75, 3.05) is 5.32 Å². The number of carbonyl (C=O) groups excluding carboxylic acids is 1. The van der Waals surface area contributed by atoms with Crippen molar-refractivity contribution in [3.8, 4) is 23.3 Å². The second-order valence-electron chi connectivity index (χ2n) is 6.81. The Morgan fingerprint density at radius 1 is 1.21 bits per heavy atom. The Morgan fingerprint density at radius 3 is 2.71 bits per heavy atom. The minimum absolute atomic E-state index is 0.156. The van der Waals surface area contributed by atoms with Crippen LogP contribution in [-0.4, -0.2) is 15.9 Å². The van der Waals surface area contributed by atoms with Crippen molar-refractivity contribution in [2.24, 2.45) is 11.8 Å². The fraction of sp³-hybridized carbons (Fsp3) is 0.190. The zero-order valence-electron chi connectivity index (χ0n) is 14.9. The number of nitrogens with one attached hydrogen (secondary N) is 1. The minimum atomic E-state index is -0.235. The molecule has 6 nitrogen and oxygen atoms in total. The van der Waals surface area contributed by atoms with E-state index in [9.17, 15) is 4.79 Å². The number of carbonyl (C=O) groups is 1. The number of fused-ring (bicyclic) bond motifs is 1. The van der Waals surface area contributed by atoms with Gasteiger partial charge in [0.1, 0.15) is 17.6 Å². The van der Waals surface area contributed by atoms with Gasteiger partial charge in [-0.15, -0.1) is 0 Å². The molecule has 4 rings (SSSR count). The summed E-state index contributed by atoms with van der Waals surface area (Å²) >= 11 is 2.27. The van der Waals surface area contributed by atoms with Crippen LogP contribution in [0.3, 0.4) is 0 Å². The Hall–Kier alpha value is -3.04. The summed E-state index contributed by atoms with van der Waals surface area (Å²) < 4.78 is 1.03. The molecule has 1 aromatic carbocycles. The summed E-state index contributed by atoms with van der Waals surface area (Å²) in [6.07, 6.45) is 4.07. The fourth-order valence-corrected chi connectivity index (χ4v) is 3.99. The lowest BCUT2D eigenvalue weighted by Crippen LogP contribution is -2.15. The topological polar surface area (TPSA) is 102 Å². The van der Waals surface area contributed by atoms with Gasteiger partial charge in [-0.1, -0.05) is 0 Å². The van der Waals surface area contributed by atoms with Crippen LogP contribution < -0.4 is 5.32 Å². The molecule has 1 N–H and O–H groups in total. The molecular formula is C21H14IN5O. The van der Waals surface area contributed by atoms with E-state index in [1.165, 1.54) is 0 Å². The van der Waals surface area contributed by atoms with Crippen LogP contribution in [0.5, 0.6) is 0 Å². The summed E-state index contributed by atoms with van der Waals surface area (Å²) in [5, 5.41) is 22.7.